The Balaban J connectivity index is 1.65. The molecule has 3 aromatic rings. The highest BCUT2D eigenvalue weighted by atomic mass is 16.2. The summed E-state index contributed by atoms with van der Waals surface area (Å²) in [7, 11) is 0. The van der Waals surface area contributed by atoms with Crippen molar-refractivity contribution in [3.8, 4) is 0 Å². The van der Waals surface area contributed by atoms with Crippen LogP contribution >= 0.6 is 0 Å². The zero-order chi connectivity index (χ0) is 24.5. The number of aryl methyl sites for hydroxylation is 1. The van der Waals surface area contributed by atoms with Gasteiger partial charge in [0.15, 0.2) is 0 Å². The van der Waals surface area contributed by atoms with Crippen molar-refractivity contribution in [1.29, 1.82) is 0 Å². The van der Waals surface area contributed by atoms with E-state index in [1.54, 1.807) is 4.90 Å². The first-order chi connectivity index (χ1) is 17.1. The van der Waals surface area contributed by atoms with Gasteiger partial charge in [-0.25, -0.2) is 0 Å². The Morgan fingerprint density at radius 2 is 1.43 bits per heavy atom. The monoisotopic (exact) mass is 468 g/mol. The van der Waals surface area contributed by atoms with Crippen LogP contribution in [0.2, 0.25) is 0 Å². The first-order valence-electron chi connectivity index (χ1n) is 12.8. The van der Waals surface area contributed by atoms with Crippen LogP contribution in [0.1, 0.15) is 54.4 Å². The average Bonchev–Trinajstić information content (AvgIpc) is 2.89. The van der Waals surface area contributed by atoms with Gasteiger partial charge >= 0.3 is 0 Å². The van der Waals surface area contributed by atoms with Crippen molar-refractivity contribution in [2.24, 2.45) is 0 Å². The summed E-state index contributed by atoms with van der Waals surface area (Å²) in [4.78, 5) is 29.4. The summed E-state index contributed by atoms with van der Waals surface area (Å²) < 4.78 is 0. The smallest absolute Gasteiger partial charge is 0.243 e. The summed E-state index contributed by atoms with van der Waals surface area (Å²) in [5, 5.41) is 3.31. The van der Waals surface area contributed by atoms with Gasteiger partial charge in [-0.2, -0.15) is 0 Å². The van der Waals surface area contributed by atoms with E-state index in [0.717, 1.165) is 47.9 Å². The molecule has 0 aliphatic heterocycles. The van der Waals surface area contributed by atoms with E-state index >= 15 is 0 Å². The minimum atomic E-state index is -0.574. The van der Waals surface area contributed by atoms with Crippen LogP contribution < -0.4 is 5.32 Å². The average molecular weight is 469 g/mol. The Morgan fingerprint density at radius 1 is 0.829 bits per heavy atom. The van der Waals surface area contributed by atoms with Gasteiger partial charge in [-0.1, -0.05) is 104 Å². The molecule has 0 radical (unpaired) electrons. The molecular weight excluding hydrogens is 432 g/mol. The number of carbonyl (C=O) groups excluding carboxylic acids is 2. The summed E-state index contributed by atoms with van der Waals surface area (Å²) in [5.41, 5.74) is 4.20. The number of hydrogen-bond donors (Lipinski definition) is 1. The number of carbonyl (C=O) groups is 2. The lowest BCUT2D eigenvalue weighted by Crippen LogP contribution is -2.53. The van der Waals surface area contributed by atoms with Gasteiger partial charge in [-0.3, -0.25) is 9.59 Å². The SMILES string of the molecule is Cc1ccccc1CN(C(=O)Cc1ccccc1)C(Cc1ccccc1)C(=O)NC1CCCCC1. The second-order valence-corrected chi connectivity index (χ2v) is 9.66. The molecule has 1 aliphatic carbocycles. The van der Waals surface area contributed by atoms with Gasteiger partial charge in [0.2, 0.25) is 11.8 Å². The molecule has 0 spiro atoms. The van der Waals surface area contributed by atoms with E-state index in [9.17, 15) is 9.59 Å². The lowest BCUT2D eigenvalue weighted by molar-refractivity contribution is -0.141. The van der Waals surface area contributed by atoms with E-state index in [-0.39, 0.29) is 24.3 Å². The zero-order valence-electron chi connectivity index (χ0n) is 20.7. The molecule has 4 heteroatoms. The van der Waals surface area contributed by atoms with Crippen LogP contribution in [0, 0.1) is 6.92 Å². The largest absolute Gasteiger partial charge is 0.352 e. The van der Waals surface area contributed by atoms with Gasteiger partial charge in [-0.05, 0) is 42.0 Å². The molecule has 0 saturated heterocycles. The lowest BCUT2D eigenvalue weighted by atomic mass is 9.94. The predicted octanol–water partition coefficient (Wildman–Crippen LogP) is 5.63. The van der Waals surface area contributed by atoms with Gasteiger partial charge in [0.05, 0.1) is 6.42 Å². The number of nitrogens with zero attached hydrogens (tertiary/aromatic N) is 1. The Kier molecular flexibility index (Phi) is 8.72. The Labute approximate surface area is 209 Å². The summed E-state index contributed by atoms with van der Waals surface area (Å²) in [6.07, 6.45) is 6.32. The Hall–Kier alpha value is -3.40. The summed E-state index contributed by atoms with van der Waals surface area (Å²) in [6, 6.07) is 27.6. The normalized spacial score (nSPS) is 14.8. The first-order valence-corrected chi connectivity index (χ1v) is 12.8. The molecule has 1 saturated carbocycles. The highest BCUT2D eigenvalue weighted by molar-refractivity contribution is 5.89. The highest BCUT2D eigenvalue weighted by Crippen LogP contribution is 2.21. The molecule has 1 aliphatic rings. The number of nitrogens with one attached hydrogen (secondary N) is 1. The fraction of sp³-hybridized carbons (Fsp3) is 0.355. The van der Waals surface area contributed by atoms with Gasteiger partial charge in [0.1, 0.15) is 6.04 Å². The van der Waals surface area contributed by atoms with Crippen molar-refractivity contribution < 1.29 is 9.59 Å². The van der Waals surface area contributed by atoms with Crippen molar-refractivity contribution in [3.05, 3.63) is 107 Å². The van der Waals surface area contributed by atoms with Crippen molar-refractivity contribution in [2.75, 3.05) is 0 Å². The van der Waals surface area contributed by atoms with Crippen LogP contribution in [-0.2, 0) is 29.0 Å². The summed E-state index contributed by atoms with van der Waals surface area (Å²) in [6.45, 7) is 2.47. The molecule has 4 rings (SSSR count). The molecular formula is C31H36N2O2. The molecule has 1 unspecified atom stereocenters. The van der Waals surface area contributed by atoms with E-state index in [1.165, 1.54) is 6.42 Å². The molecule has 1 N–H and O–H groups in total. The maximum absolute atomic E-state index is 13.8. The third-order valence-corrected chi connectivity index (χ3v) is 7.02. The second-order valence-electron chi connectivity index (χ2n) is 9.66. The zero-order valence-corrected chi connectivity index (χ0v) is 20.7. The van der Waals surface area contributed by atoms with Crippen LogP contribution in [0.15, 0.2) is 84.9 Å². The third-order valence-electron chi connectivity index (χ3n) is 7.02. The van der Waals surface area contributed by atoms with Crippen LogP contribution in [0.3, 0.4) is 0 Å². The third kappa shape index (κ3) is 7.05. The Bertz CT molecular complexity index is 1090. The minimum absolute atomic E-state index is 0.0285. The predicted molar refractivity (Wildman–Crippen MR) is 141 cm³/mol. The van der Waals surface area contributed by atoms with E-state index in [2.05, 4.69) is 24.4 Å². The molecule has 0 bridgehead atoms. The number of rotatable bonds is 9. The number of hydrogen-bond acceptors (Lipinski definition) is 2. The van der Waals surface area contributed by atoms with Gasteiger partial charge in [-0.15, -0.1) is 0 Å². The standard InChI is InChI=1S/C31H36N2O2/c1-24-13-11-12-18-27(24)23-33(30(34)22-26-16-7-3-8-17-26)29(21-25-14-5-2-6-15-25)31(35)32-28-19-9-4-10-20-28/h2-3,5-8,11-18,28-29H,4,9-10,19-23H2,1H3,(H,32,35). The van der Waals surface area contributed by atoms with E-state index in [4.69, 9.17) is 0 Å². The topological polar surface area (TPSA) is 49.4 Å². The molecule has 0 heterocycles. The molecule has 1 atom stereocenters. The van der Waals surface area contributed by atoms with Crippen molar-refractivity contribution >= 4 is 11.8 Å². The number of benzene rings is 3. The molecule has 0 aromatic heterocycles. The van der Waals surface area contributed by atoms with Gasteiger partial charge in [0.25, 0.3) is 0 Å². The Morgan fingerprint density at radius 3 is 2.09 bits per heavy atom. The first kappa shape index (κ1) is 24.7. The second kappa shape index (κ2) is 12.3. The molecule has 1 fully saturated rings. The fourth-order valence-electron chi connectivity index (χ4n) is 4.94. The fourth-order valence-corrected chi connectivity index (χ4v) is 4.94. The van der Waals surface area contributed by atoms with Crippen molar-refractivity contribution in [1.82, 2.24) is 10.2 Å². The summed E-state index contributed by atoms with van der Waals surface area (Å²) in [5.74, 6) is -0.0741. The van der Waals surface area contributed by atoms with E-state index in [0.29, 0.717) is 13.0 Å². The minimum Gasteiger partial charge on any atom is -0.352 e. The summed E-state index contributed by atoms with van der Waals surface area (Å²) >= 11 is 0. The van der Waals surface area contributed by atoms with E-state index < -0.39 is 6.04 Å². The maximum atomic E-state index is 13.8. The maximum Gasteiger partial charge on any atom is 0.243 e. The van der Waals surface area contributed by atoms with Crippen LogP contribution in [0.4, 0.5) is 0 Å². The van der Waals surface area contributed by atoms with Crippen molar-refractivity contribution in [3.63, 3.8) is 0 Å². The highest BCUT2D eigenvalue weighted by Gasteiger charge is 2.32. The van der Waals surface area contributed by atoms with Crippen LogP contribution in [0.25, 0.3) is 0 Å². The van der Waals surface area contributed by atoms with Gasteiger partial charge in [0, 0.05) is 19.0 Å². The van der Waals surface area contributed by atoms with Gasteiger partial charge < -0.3 is 10.2 Å². The quantitative estimate of drug-likeness (QED) is 0.443. The molecule has 4 nitrogen and oxygen atoms in total. The number of amides is 2. The molecule has 182 valence electrons. The lowest BCUT2D eigenvalue weighted by Gasteiger charge is -2.34. The van der Waals surface area contributed by atoms with Crippen LogP contribution in [-0.4, -0.2) is 28.8 Å². The molecule has 35 heavy (non-hydrogen) atoms. The van der Waals surface area contributed by atoms with Crippen LogP contribution in [0.5, 0.6) is 0 Å². The molecule has 2 amide bonds. The van der Waals surface area contributed by atoms with E-state index in [1.807, 2.05) is 72.8 Å². The molecule has 3 aromatic carbocycles. The van der Waals surface area contributed by atoms with Crippen molar-refractivity contribution in [2.45, 2.75) is 70.5 Å².